The highest BCUT2D eigenvalue weighted by Gasteiger charge is 2.18. The van der Waals surface area contributed by atoms with Crippen molar-refractivity contribution in [1.29, 1.82) is 0 Å². The van der Waals surface area contributed by atoms with Gasteiger partial charge < -0.3 is 5.73 Å². The smallest absolute Gasteiger partial charge is 0.0473 e. The average Bonchev–Trinajstić information content (AvgIpc) is 2.48. The Labute approximate surface area is 136 Å². The van der Waals surface area contributed by atoms with Gasteiger partial charge in [0, 0.05) is 23.6 Å². The van der Waals surface area contributed by atoms with Crippen molar-refractivity contribution in [3.63, 3.8) is 0 Å². The number of hydrogen-bond donors (Lipinski definition) is 1. The predicted octanol–water partition coefficient (Wildman–Crippen LogP) is 4.14. The van der Waals surface area contributed by atoms with Crippen LogP contribution in [0.15, 0.2) is 53.0 Å². The first-order chi connectivity index (χ1) is 10.2. The molecule has 21 heavy (non-hydrogen) atoms. The molecule has 0 spiro atoms. The summed E-state index contributed by atoms with van der Waals surface area (Å²) in [6.07, 6.45) is 1.04. The maximum absolute atomic E-state index is 6.06. The highest BCUT2D eigenvalue weighted by Crippen LogP contribution is 2.24. The summed E-state index contributed by atoms with van der Waals surface area (Å²) in [6.45, 7) is 3.71. The van der Waals surface area contributed by atoms with Crippen LogP contribution in [0.3, 0.4) is 0 Å². The van der Waals surface area contributed by atoms with Gasteiger partial charge in [-0.15, -0.1) is 0 Å². The first kappa shape index (κ1) is 16.2. The van der Waals surface area contributed by atoms with Gasteiger partial charge in [-0.05, 0) is 42.3 Å². The average molecular weight is 347 g/mol. The summed E-state index contributed by atoms with van der Waals surface area (Å²) in [4.78, 5) is 2.33. The number of hydrogen-bond acceptors (Lipinski definition) is 2. The van der Waals surface area contributed by atoms with Crippen LogP contribution in [0.25, 0.3) is 0 Å². The first-order valence-corrected chi connectivity index (χ1v) is 8.17. The van der Waals surface area contributed by atoms with Crippen molar-refractivity contribution in [2.45, 2.75) is 25.9 Å². The summed E-state index contributed by atoms with van der Waals surface area (Å²) in [5, 5.41) is 0. The van der Waals surface area contributed by atoms with Crippen LogP contribution < -0.4 is 5.73 Å². The third-order valence-electron chi connectivity index (χ3n) is 3.87. The van der Waals surface area contributed by atoms with E-state index >= 15 is 0 Å². The van der Waals surface area contributed by atoms with Gasteiger partial charge in [-0.2, -0.15) is 0 Å². The third-order valence-corrected chi connectivity index (χ3v) is 4.36. The molecule has 0 aliphatic carbocycles. The number of nitrogens with zero attached hydrogens (tertiary/aromatic N) is 1. The van der Waals surface area contributed by atoms with E-state index < -0.39 is 0 Å². The molecule has 0 aliphatic rings. The molecule has 0 bridgehead atoms. The molecule has 2 nitrogen and oxygen atoms in total. The number of likely N-dealkylation sites (N-methyl/N-ethyl adjacent to an activating group) is 1. The standard InChI is InChI=1S/C18H23BrN2/c1-3-15-8-4-5-10-17(15)18(12-20)21(2)13-14-7-6-9-16(19)11-14/h4-11,18H,3,12-13,20H2,1-2H3. The van der Waals surface area contributed by atoms with E-state index in [1.54, 1.807) is 0 Å². The van der Waals surface area contributed by atoms with E-state index in [0.29, 0.717) is 6.54 Å². The minimum Gasteiger partial charge on any atom is -0.329 e. The van der Waals surface area contributed by atoms with Crippen LogP contribution in [-0.4, -0.2) is 18.5 Å². The molecule has 2 aromatic carbocycles. The lowest BCUT2D eigenvalue weighted by atomic mass is 9.97. The van der Waals surface area contributed by atoms with Gasteiger partial charge in [-0.3, -0.25) is 4.90 Å². The van der Waals surface area contributed by atoms with Crippen LogP contribution in [0.4, 0.5) is 0 Å². The molecule has 0 saturated carbocycles. The summed E-state index contributed by atoms with van der Waals surface area (Å²) in [5.74, 6) is 0. The third kappa shape index (κ3) is 4.16. The quantitative estimate of drug-likeness (QED) is 0.851. The second-order valence-corrected chi connectivity index (χ2v) is 6.26. The summed E-state index contributed by atoms with van der Waals surface area (Å²) >= 11 is 3.53. The van der Waals surface area contributed by atoms with E-state index in [1.807, 2.05) is 0 Å². The molecule has 0 saturated heterocycles. The maximum Gasteiger partial charge on any atom is 0.0473 e. The van der Waals surface area contributed by atoms with E-state index in [0.717, 1.165) is 17.4 Å². The minimum absolute atomic E-state index is 0.250. The molecule has 1 atom stereocenters. The molecule has 2 aromatic rings. The molecular formula is C18H23BrN2. The minimum atomic E-state index is 0.250. The van der Waals surface area contributed by atoms with Crippen molar-refractivity contribution >= 4 is 15.9 Å². The van der Waals surface area contributed by atoms with Gasteiger partial charge in [0.2, 0.25) is 0 Å². The van der Waals surface area contributed by atoms with Gasteiger partial charge >= 0.3 is 0 Å². The van der Waals surface area contributed by atoms with E-state index in [-0.39, 0.29) is 6.04 Å². The summed E-state index contributed by atoms with van der Waals surface area (Å²) in [5.41, 5.74) is 10.1. The Morgan fingerprint density at radius 3 is 2.57 bits per heavy atom. The molecule has 1 unspecified atom stereocenters. The zero-order chi connectivity index (χ0) is 15.2. The molecular weight excluding hydrogens is 324 g/mol. The number of aryl methyl sites for hydroxylation is 1. The van der Waals surface area contributed by atoms with Gasteiger partial charge in [0.25, 0.3) is 0 Å². The first-order valence-electron chi connectivity index (χ1n) is 7.38. The highest BCUT2D eigenvalue weighted by molar-refractivity contribution is 9.10. The number of benzene rings is 2. The van der Waals surface area contributed by atoms with Crippen molar-refractivity contribution in [3.05, 3.63) is 69.7 Å². The molecule has 2 N–H and O–H groups in total. The Morgan fingerprint density at radius 1 is 1.14 bits per heavy atom. The van der Waals surface area contributed by atoms with Crippen LogP contribution in [0, 0.1) is 0 Å². The van der Waals surface area contributed by atoms with Crippen LogP contribution in [-0.2, 0) is 13.0 Å². The van der Waals surface area contributed by atoms with E-state index in [2.05, 4.69) is 83.3 Å². The zero-order valence-corrected chi connectivity index (χ0v) is 14.3. The van der Waals surface area contributed by atoms with Crippen molar-refractivity contribution in [1.82, 2.24) is 4.90 Å². The molecule has 0 heterocycles. The van der Waals surface area contributed by atoms with Crippen LogP contribution in [0.5, 0.6) is 0 Å². The highest BCUT2D eigenvalue weighted by atomic mass is 79.9. The van der Waals surface area contributed by atoms with Gasteiger partial charge in [-0.25, -0.2) is 0 Å². The fourth-order valence-corrected chi connectivity index (χ4v) is 3.21. The van der Waals surface area contributed by atoms with Gasteiger partial charge in [-0.1, -0.05) is 59.3 Å². The Bertz CT molecular complexity index is 583. The maximum atomic E-state index is 6.06. The number of nitrogens with two attached hydrogens (primary N) is 1. The molecule has 0 fully saturated rings. The van der Waals surface area contributed by atoms with Crippen LogP contribution in [0.1, 0.15) is 29.7 Å². The SMILES string of the molecule is CCc1ccccc1C(CN)N(C)Cc1cccc(Br)c1. The zero-order valence-electron chi connectivity index (χ0n) is 12.7. The van der Waals surface area contributed by atoms with Crippen molar-refractivity contribution in [2.75, 3.05) is 13.6 Å². The Kier molecular flexibility index (Phi) is 5.97. The largest absolute Gasteiger partial charge is 0.329 e. The molecule has 0 aromatic heterocycles. The van der Waals surface area contributed by atoms with Crippen LogP contribution in [0.2, 0.25) is 0 Å². The predicted molar refractivity (Wildman–Crippen MR) is 93.2 cm³/mol. The summed E-state index contributed by atoms with van der Waals surface area (Å²) in [6, 6.07) is 17.3. The Morgan fingerprint density at radius 2 is 1.90 bits per heavy atom. The lowest BCUT2D eigenvalue weighted by Gasteiger charge is -2.29. The van der Waals surface area contributed by atoms with Crippen molar-refractivity contribution in [2.24, 2.45) is 5.73 Å². The molecule has 0 amide bonds. The van der Waals surface area contributed by atoms with Gasteiger partial charge in [0.15, 0.2) is 0 Å². The summed E-state index contributed by atoms with van der Waals surface area (Å²) in [7, 11) is 2.14. The van der Waals surface area contributed by atoms with Crippen molar-refractivity contribution < 1.29 is 0 Å². The van der Waals surface area contributed by atoms with E-state index in [1.165, 1.54) is 16.7 Å². The van der Waals surface area contributed by atoms with Crippen LogP contribution >= 0.6 is 15.9 Å². The van der Waals surface area contributed by atoms with Gasteiger partial charge in [0.1, 0.15) is 0 Å². The molecule has 2 rings (SSSR count). The molecule has 3 heteroatoms. The monoisotopic (exact) mass is 346 g/mol. The second kappa shape index (κ2) is 7.74. The number of rotatable bonds is 6. The van der Waals surface area contributed by atoms with E-state index in [9.17, 15) is 0 Å². The lowest BCUT2D eigenvalue weighted by Crippen LogP contribution is -2.30. The van der Waals surface area contributed by atoms with Crippen molar-refractivity contribution in [3.8, 4) is 0 Å². The molecule has 0 aliphatic heterocycles. The normalized spacial score (nSPS) is 12.6. The topological polar surface area (TPSA) is 29.3 Å². The summed E-state index contributed by atoms with van der Waals surface area (Å²) < 4.78 is 1.12. The Hall–Kier alpha value is -1.16. The Balaban J connectivity index is 2.20. The lowest BCUT2D eigenvalue weighted by molar-refractivity contribution is 0.241. The molecule has 0 radical (unpaired) electrons. The fourth-order valence-electron chi connectivity index (χ4n) is 2.76. The van der Waals surface area contributed by atoms with E-state index in [4.69, 9.17) is 5.73 Å². The van der Waals surface area contributed by atoms with Gasteiger partial charge in [0.05, 0.1) is 0 Å². The molecule has 112 valence electrons. The fraction of sp³-hybridized carbons (Fsp3) is 0.333. The second-order valence-electron chi connectivity index (χ2n) is 5.35. The number of halogens is 1.